The molecule has 0 aromatic carbocycles. The first-order chi connectivity index (χ1) is 9.26. The number of hydrogen-bond acceptors (Lipinski definition) is 2. The summed E-state index contributed by atoms with van der Waals surface area (Å²) in [5.74, 6) is 2.86. The van der Waals surface area contributed by atoms with Crippen LogP contribution in [0.15, 0.2) is 0 Å². The minimum atomic E-state index is 0.573. The van der Waals surface area contributed by atoms with Crippen LogP contribution >= 0.6 is 0 Å². The maximum atomic E-state index is 5.68. The Morgan fingerprint density at radius 2 is 1.74 bits per heavy atom. The van der Waals surface area contributed by atoms with E-state index in [1.807, 2.05) is 0 Å². The van der Waals surface area contributed by atoms with E-state index in [0.29, 0.717) is 6.10 Å². The molecule has 1 atom stereocenters. The first kappa shape index (κ1) is 15.3. The Morgan fingerprint density at radius 3 is 2.26 bits per heavy atom. The molecular weight excluding hydrogens is 234 g/mol. The molecule has 0 amide bonds. The summed E-state index contributed by atoms with van der Waals surface area (Å²) in [7, 11) is 2.16. The van der Waals surface area contributed by atoms with Crippen LogP contribution < -0.4 is 5.32 Å². The van der Waals surface area contributed by atoms with E-state index in [1.54, 1.807) is 0 Å². The molecular formula is C17H33NO. The van der Waals surface area contributed by atoms with Crippen LogP contribution in [0.3, 0.4) is 0 Å². The van der Waals surface area contributed by atoms with Crippen LogP contribution in [0.25, 0.3) is 0 Å². The fraction of sp³-hybridized carbons (Fsp3) is 1.00. The first-order valence-electron chi connectivity index (χ1n) is 8.55. The molecule has 0 heterocycles. The topological polar surface area (TPSA) is 21.3 Å². The zero-order chi connectivity index (χ0) is 13.7. The standard InChI is InChI=1S/C17H33NO/c1-4-13-6-8-15(9-7-13)17(18-3)12-14-10-16(11-14)19-5-2/h13-18H,4-12H2,1-3H3. The lowest BCUT2D eigenvalue weighted by molar-refractivity contribution is -0.0312. The van der Waals surface area contributed by atoms with E-state index in [9.17, 15) is 0 Å². The molecule has 2 heteroatoms. The second kappa shape index (κ2) is 7.64. The van der Waals surface area contributed by atoms with Gasteiger partial charge >= 0.3 is 0 Å². The van der Waals surface area contributed by atoms with Gasteiger partial charge < -0.3 is 10.1 Å². The highest BCUT2D eigenvalue weighted by atomic mass is 16.5. The van der Waals surface area contributed by atoms with Gasteiger partial charge in [0.1, 0.15) is 0 Å². The average Bonchev–Trinajstić information content (AvgIpc) is 2.41. The number of ether oxygens (including phenoxy) is 1. The lowest BCUT2D eigenvalue weighted by Crippen LogP contribution is -2.41. The van der Waals surface area contributed by atoms with Gasteiger partial charge in [-0.3, -0.25) is 0 Å². The Labute approximate surface area is 119 Å². The summed E-state index contributed by atoms with van der Waals surface area (Å²) < 4.78 is 5.68. The highest BCUT2D eigenvalue weighted by Gasteiger charge is 2.34. The molecule has 0 spiro atoms. The predicted molar refractivity (Wildman–Crippen MR) is 81.3 cm³/mol. The third kappa shape index (κ3) is 4.19. The maximum Gasteiger partial charge on any atom is 0.0580 e. The lowest BCUT2D eigenvalue weighted by Gasteiger charge is -2.40. The van der Waals surface area contributed by atoms with E-state index >= 15 is 0 Å². The van der Waals surface area contributed by atoms with Crippen molar-refractivity contribution < 1.29 is 4.74 Å². The van der Waals surface area contributed by atoms with Crippen molar-refractivity contribution in [3.8, 4) is 0 Å². The van der Waals surface area contributed by atoms with Crippen LogP contribution in [0.5, 0.6) is 0 Å². The van der Waals surface area contributed by atoms with E-state index < -0.39 is 0 Å². The van der Waals surface area contributed by atoms with Crippen molar-refractivity contribution in [3.63, 3.8) is 0 Å². The molecule has 2 fully saturated rings. The van der Waals surface area contributed by atoms with Gasteiger partial charge in [-0.1, -0.05) is 26.2 Å². The Morgan fingerprint density at radius 1 is 1.05 bits per heavy atom. The fourth-order valence-corrected chi connectivity index (χ4v) is 4.14. The SMILES string of the molecule is CCOC1CC(CC(NC)C2CCC(CC)CC2)C1. The molecule has 19 heavy (non-hydrogen) atoms. The predicted octanol–water partition coefficient (Wildman–Crippen LogP) is 4.00. The van der Waals surface area contributed by atoms with E-state index in [2.05, 4.69) is 26.2 Å². The zero-order valence-corrected chi connectivity index (χ0v) is 13.2. The first-order valence-corrected chi connectivity index (χ1v) is 8.55. The van der Waals surface area contributed by atoms with Gasteiger partial charge in [0.2, 0.25) is 0 Å². The van der Waals surface area contributed by atoms with Crippen LogP contribution in [-0.4, -0.2) is 25.8 Å². The van der Waals surface area contributed by atoms with Gasteiger partial charge in [-0.2, -0.15) is 0 Å². The van der Waals surface area contributed by atoms with Crippen LogP contribution in [0.4, 0.5) is 0 Å². The summed E-state index contributed by atoms with van der Waals surface area (Å²) in [6, 6.07) is 0.755. The molecule has 2 aliphatic carbocycles. The van der Waals surface area contributed by atoms with E-state index in [-0.39, 0.29) is 0 Å². The summed E-state index contributed by atoms with van der Waals surface area (Å²) >= 11 is 0. The summed E-state index contributed by atoms with van der Waals surface area (Å²) in [6.07, 6.45) is 11.8. The summed E-state index contributed by atoms with van der Waals surface area (Å²) in [4.78, 5) is 0. The van der Waals surface area contributed by atoms with Gasteiger partial charge in [0.15, 0.2) is 0 Å². The highest BCUT2D eigenvalue weighted by molar-refractivity contribution is 4.88. The van der Waals surface area contributed by atoms with Crippen LogP contribution in [0.2, 0.25) is 0 Å². The molecule has 0 radical (unpaired) electrons. The van der Waals surface area contributed by atoms with Crippen molar-refractivity contribution in [3.05, 3.63) is 0 Å². The fourth-order valence-electron chi connectivity index (χ4n) is 4.14. The molecule has 0 aromatic heterocycles. The summed E-state index contributed by atoms with van der Waals surface area (Å²) in [6.45, 7) is 5.34. The summed E-state index contributed by atoms with van der Waals surface area (Å²) in [5, 5.41) is 3.61. The molecule has 0 aliphatic heterocycles. The Bertz CT molecular complexity index is 242. The van der Waals surface area contributed by atoms with E-state index in [4.69, 9.17) is 4.74 Å². The quantitative estimate of drug-likeness (QED) is 0.753. The van der Waals surface area contributed by atoms with Crippen molar-refractivity contribution in [2.24, 2.45) is 17.8 Å². The van der Waals surface area contributed by atoms with Crippen molar-refractivity contribution in [2.75, 3.05) is 13.7 Å². The number of hydrogen-bond donors (Lipinski definition) is 1. The second-order valence-corrected chi connectivity index (χ2v) is 6.73. The molecule has 112 valence electrons. The van der Waals surface area contributed by atoms with Crippen molar-refractivity contribution in [1.82, 2.24) is 5.32 Å². The second-order valence-electron chi connectivity index (χ2n) is 6.73. The monoisotopic (exact) mass is 267 g/mol. The van der Waals surface area contributed by atoms with Gasteiger partial charge in [0, 0.05) is 12.6 Å². The van der Waals surface area contributed by atoms with E-state index in [1.165, 1.54) is 51.4 Å². The van der Waals surface area contributed by atoms with E-state index in [0.717, 1.165) is 30.4 Å². The Balaban J connectivity index is 1.69. The van der Waals surface area contributed by atoms with Crippen LogP contribution in [0.1, 0.15) is 65.2 Å². The third-order valence-corrected chi connectivity index (χ3v) is 5.59. The minimum Gasteiger partial charge on any atom is -0.378 e. The molecule has 0 saturated heterocycles. The Hall–Kier alpha value is -0.0800. The van der Waals surface area contributed by atoms with Crippen molar-refractivity contribution in [2.45, 2.75) is 77.4 Å². The molecule has 1 N–H and O–H groups in total. The molecule has 1 unspecified atom stereocenters. The van der Waals surface area contributed by atoms with Gasteiger partial charge in [0.05, 0.1) is 6.10 Å². The Kier molecular flexibility index (Phi) is 6.15. The van der Waals surface area contributed by atoms with Gasteiger partial charge in [0.25, 0.3) is 0 Å². The normalized spacial score (nSPS) is 36.8. The summed E-state index contributed by atoms with van der Waals surface area (Å²) in [5.41, 5.74) is 0. The van der Waals surface area contributed by atoms with Crippen molar-refractivity contribution in [1.29, 1.82) is 0 Å². The number of nitrogens with one attached hydrogen (secondary N) is 1. The molecule has 2 aliphatic rings. The molecule has 2 rings (SSSR count). The molecule has 0 bridgehead atoms. The van der Waals surface area contributed by atoms with Gasteiger partial charge in [-0.15, -0.1) is 0 Å². The zero-order valence-electron chi connectivity index (χ0n) is 13.2. The van der Waals surface area contributed by atoms with Crippen LogP contribution in [-0.2, 0) is 4.74 Å². The maximum absolute atomic E-state index is 5.68. The lowest BCUT2D eigenvalue weighted by atomic mass is 9.72. The minimum absolute atomic E-state index is 0.573. The molecule has 2 nitrogen and oxygen atoms in total. The third-order valence-electron chi connectivity index (χ3n) is 5.59. The number of rotatable bonds is 7. The average molecular weight is 267 g/mol. The molecule has 2 saturated carbocycles. The smallest absolute Gasteiger partial charge is 0.0580 e. The van der Waals surface area contributed by atoms with Crippen LogP contribution in [0, 0.1) is 17.8 Å². The van der Waals surface area contributed by atoms with Gasteiger partial charge in [-0.05, 0) is 63.8 Å². The van der Waals surface area contributed by atoms with Gasteiger partial charge in [-0.25, -0.2) is 0 Å². The molecule has 0 aromatic rings. The largest absolute Gasteiger partial charge is 0.378 e. The van der Waals surface area contributed by atoms with Crippen molar-refractivity contribution >= 4 is 0 Å². The highest BCUT2D eigenvalue weighted by Crippen LogP contribution is 2.38.